The fraction of sp³-hybridized carbons (Fsp3) is 0.214. The maximum Gasteiger partial charge on any atom is 0.416 e. The standard InChI is InChI=1S/C14H12F3NO/c1-8-7-18-12(9(8)2)13(19)10-3-5-11(6-4-10)14(15,16)17/h3-7,18H,1-2H3. The lowest BCUT2D eigenvalue weighted by atomic mass is 10.0. The summed E-state index contributed by atoms with van der Waals surface area (Å²) in [5.74, 6) is -0.306. The van der Waals surface area contributed by atoms with E-state index in [-0.39, 0.29) is 11.3 Å². The first-order chi connectivity index (χ1) is 8.80. The zero-order valence-electron chi connectivity index (χ0n) is 10.4. The minimum Gasteiger partial charge on any atom is -0.358 e. The Morgan fingerprint density at radius 2 is 1.68 bits per heavy atom. The number of carbonyl (C=O) groups is 1. The first-order valence-electron chi connectivity index (χ1n) is 5.67. The van der Waals surface area contributed by atoms with Crippen molar-refractivity contribution in [1.29, 1.82) is 0 Å². The summed E-state index contributed by atoms with van der Waals surface area (Å²) in [5.41, 5.74) is 1.64. The molecule has 0 spiro atoms. The molecule has 0 aliphatic rings. The molecular weight excluding hydrogens is 255 g/mol. The minimum absolute atomic E-state index is 0.234. The van der Waals surface area contributed by atoms with Crippen molar-refractivity contribution in [3.8, 4) is 0 Å². The summed E-state index contributed by atoms with van der Waals surface area (Å²) in [6, 6.07) is 4.22. The number of nitrogens with one attached hydrogen (secondary N) is 1. The molecule has 5 heteroatoms. The number of ketones is 1. The predicted octanol–water partition coefficient (Wildman–Crippen LogP) is 3.88. The molecule has 1 aromatic carbocycles. The summed E-state index contributed by atoms with van der Waals surface area (Å²) < 4.78 is 37.3. The fourth-order valence-electron chi connectivity index (χ4n) is 1.78. The Morgan fingerprint density at radius 1 is 1.11 bits per heavy atom. The molecule has 1 N–H and O–H groups in total. The molecule has 0 aliphatic carbocycles. The second-order valence-corrected chi connectivity index (χ2v) is 4.38. The first-order valence-corrected chi connectivity index (χ1v) is 5.67. The van der Waals surface area contributed by atoms with Gasteiger partial charge >= 0.3 is 6.18 Å². The number of carbonyl (C=O) groups excluding carboxylic acids is 1. The maximum atomic E-state index is 12.4. The van der Waals surface area contributed by atoms with Gasteiger partial charge in [0.25, 0.3) is 0 Å². The summed E-state index contributed by atoms with van der Waals surface area (Å²) in [6.07, 6.45) is -2.69. The zero-order valence-corrected chi connectivity index (χ0v) is 10.4. The van der Waals surface area contributed by atoms with Crippen LogP contribution in [0.2, 0.25) is 0 Å². The molecule has 0 saturated carbocycles. The second kappa shape index (κ2) is 4.57. The van der Waals surface area contributed by atoms with E-state index in [1.54, 1.807) is 13.1 Å². The fourth-order valence-corrected chi connectivity index (χ4v) is 1.78. The van der Waals surface area contributed by atoms with Gasteiger partial charge < -0.3 is 4.98 Å². The largest absolute Gasteiger partial charge is 0.416 e. The van der Waals surface area contributed by atoms with Gasteiger partial charge in [-0.1, -0.05) is 12.1 Å². The van der Waals surface area contributed by atoms with E-state index in [4.69, 9.17) is 0 Å². The van der Waals surface area contributed by atoms with Crippen molar-refractivity contribution in [3.05, 3.63) is 58.4 Å². The van der Waals surface area contributed by atoms with Crippen LogP contribution in [0.15, 0.2) is 30.5 Å². The van der Waals surface area contributed by atoms with E-state index in [2.05, 4.69) is 4.98 Å². The van der Waals surface area contributed by atoms with Crippen molar-refractivity contribution >= 4 is 5.78 Å². The number of hydrogen-bond acceptors (Lipinski definition) is 1. The summed E-state index contributed by atoms with van der Waals surface area (Å²) in [7, 11) is 0. The van der Waals surface area contributed by atoms with Gasteiger partial charge in [0.2, 0.25) is 5.78 Å². The van der Waals surface area contributed by atoms with Crippen LogP contribution in [0.5, 0.6) is 0 Å². The van der Waals surface area contributed by atoms with Crippen molar-refractivity contribution in [2.24, 2.45) is 0 Å². The third-order valence-corrected chi connectivity index (χ3v) is 3.10. The average molecular weight is 267 g/mol. The van der Waals surface area contributed by atoms with Gasteiger partial charge in [-0.3, -0.25) is 4.79 Å². The highest BCUT2D eigenvalue weighted by Gasteiger charge is 2.30. The minimum atomic E-state index is -4.39. The molecule has 19 heavy (non-hydrogen) atoms. The molecule has 2 rings (SSSR count). The molecule has 1 aromatic heterocycles. The molecule has 0 amide bonds. The summed E-state index contributed by atoms with van der Waals surface area (Å²) in [6.45, 7) is 3.65. The number of alkyl halides is 3. The van der Waals surface area contributed by atoms with Crippen LogP contribution in [-0.4, -0.2) is 10.8 Å². The Bertz CT molecular complexity index is 609. The molecule has 0 aliphatic heterocycles. The van der Waals surface area contributed by atoms with Crippen molar-refractivity contribution in [2.75, 3.05) is 0 Å². The first kappa shape index (κ1) is 13.4. The van der Waals surface area contributed by atoms with Crippen molar-refractivity contribution in [1.82, 2.24) is 4.98 Å². The highest BCUT2D eigenvalue weighted by molar-refractivity contribution is 6.08. The molecular formula is C14H12F3NO. The van der Waals surface area contributed by atoms with Crippen LogP contribution in [0.25, 0.3) is 0 Å². The lowest BCUT2D eigenvalue weighted by Gasteiger charge is -2.07. The summed E-state index contributed by atoms with van der Waals surface area (Å²) >= 11 is 0. The Balaban J connectivity index is 2.33. The summed E-state index contributed by atoms with van der Waals surface area (Å²) in [5, 5.41) is 0. The van der Waals surface area contributed by atoms with Gasteiger partial charge in [-0.05, 0) is 37.1 Å². The number of aromatic amines is 1. The Kier molecular flexibility index (Phi) is 3.22. The number of halogens is 3. The number of H-pyrrole nitrogens is 1. The van der Waals surface area contributed by atoms with E-state index in [1.807, 2.05) is 6.92 Å². The quantitative estimate of drug-likeness (QED) is 0.823. The van der Waals surface area contributed by atoms with Crippen LogP contribution in [0.4, 0.5) is 13.2 Å². The van der Waals surface area contributed by atoms with E-state index < -0.39 is 11.7 Å². The van der Waals surface area contributed by atoms with Crippen molar-refractivity contribution < 1.29 is 18.0 Å². The zero-order chi connectivity index (χ0) is 14.2. The normalized spacial score (nSPS) is 11.6. The van der Waals surface area contributed by atoms with Gasteiger partial charge in [0.1, 0.15) is 0 Å². The SMILES string of the molecule is Cc1c[nH]c(C(=O)c2ccc(C(F)(F)F)cc2)c1C. The van der Waals surface area contributed by atoms with Crippen LogP contribution in [0.1, 0.15) is 32.7 Å². The van der Waals surface area contributed by atoms with Crippen LogP contribution in [0, 0.1) is 13.8 Å². The molecule has 2 aromatic rings. The van der Waals surface area contributed by atoms with Crippen molar-refractivity contribution in [2.45, 2.75) is 20.0 Å². The van der Waals surface area contributed by atoms with E-state index in [0.29, 0.717) is 5.69 Å². The van der Waals surface area contributed by atoms with Gasteiger partial charge in [-0.25, -0.2) is 0 Å². The number of aryl methyl sites for hydroxylation is 1. The maximum absolute atomic E-state index is 12.4. The van der Waals surface area contributed by atoms with Gasteiger partial charge in [-0.15, -0.1) is 0 Å². The molecule has 100 valence electrons. The number of rotatable bonds is 2. The highest BCUT2D eigenvalue weighted by Crippen LogP contribution is 2.29. The molecule has 0 radical (unpaired) electrons. The molecule has 0 bridgehead atoms. The van der Waals surface area contributed by atoms with Gasteiger partial charge in [0.15, 0.2) is 0 Å². The van der Waals surface area contributed by atoms with E-state index in [1.165, 1.54) is 12.1 Å². The monoisotopic (exact) mass is 267 g/mol. The number of hydrogen-bond donors (Lipinski definition) is 1. The van der Waals surface area contributed by atoms with Gasteiger partial charge in [-0.2, -0.15) is 13.2 Å². The van der Waals surface area contributed by atoms with Gasteiger partial charge in [0, 0.05) is 11.8 Å². The van der Waals surface area contributed by atoms with Crippen LogP contribution in [0.3, 0.4) is 0 Å². The van der Waals surface area contributed by atoms with E-state index in [9.17, 15) is 18.0 Å². The van der Waals surface area contributed by atoms with E-state index in [0.717, 1.165) is 23.3 Å². The second-order valence-electron chi connectivity index (χ2n) is 4.38. The third-order valence-electron chi connectivity index (χ3n) is 3.10. The molecule has 2 nitrogen and oxygen atoms in total. The lowest BCUT2D eigenvalue weighted by Crippen LogP contribution is -2.07. The smallest absolute Gasteiger partial charge is 0.358 e. The molecule has 0 fully saturated rings. The van der Waals surface area contributed by atoms with Crippen molar-refractivity contribution in [3.63, 3.8) is 0 Å². The van der Waals surface area contributed by atoms with Gasteiger partial charge in [0.05, 0.1) is 11.3 Å². The molecule has 0 unspecified atom stereocenters. The predicted molar refractivity (Wildman–Crippen MR) is 65.1 cm³/mol. The molecule has 0 saturated heterocycles. The van der Waals surface area contributed by atoms with Crippen LogP contribution >= 0.6 is 0 Å². The molecule has 1 heterocycles. The average Bonchev–Trinajstić information content (AvgIpc) is 2.68. The topological polar surface area (TPSA) is 32.9 Å². The third kappa shape index (κ3) is 2.54. The number of benzene rings is 1. The Morgan fingerprint density at radius 3 is 2.11 bits per heavy atom. The summed E-state index contributed by atoms with van der Waals surface area (Å²) in [4.78, 5) is 15.0. The number of aromatic nitrogens is 1. The van der Waals surface area contributed by atoms with E-state index >= 15 is 0 Å². The molecule has 0 atom stereocenters. The lowest BCUT2D eigenvalue weighted by molar-refractivity contribution is -0.137. The van der Waals surface area contributed by atoms with Crippen LogP contribution < -0.4 is 0 Å². The Labute approximate surface area is 108 Å². The highest BCUT2D eigenvalue weighted by atomic mass is 19.4. The Hall–Kier alpha value is -2.04. The van der Waals surface area contributed by atoms with Crippen LogP contribution in [-0.2, 0) is 6.18 Å².